The predicted molar refractivity (Wildman–Crippen MR) is 109 cm³/mol. The third-order valence-electron chi connectivity index (χ3n) is 5.41. The molecule has 1 fully saturated rings. The second kappa shape index (κ2) is 8.41. The summed E-state index contributed by atoms with van der Waals surface area (Å²) in [6.07, 6.45) is 2.11. The number of carbonyl (C=O) groups excluding carboxylic acids is 1. The number of nitrogens with one attached hydrogen (secondary N) is 1. The van der Waals surface area contributed by atoms with Crippen LogP contribution in [0.5, 0.6) is 11.5 Å². The van der Waals surface area contributed by atoms with Crippen LogP contribution in [0.15, 0.2) is 42.5 Å². The molecule has 2 aromatic rings. The first kappa shape index (κ1) is 19.1. The number of benzene rings is 2. The van der Waals surface area contributed by atoms with E-state index < -0.39 is 0 Å². The van der Waals surface area contributed by atoms with Crippen LogP contribution in [0.2, 0.25) is 5.02 Å². The number of amides is 1. The Hall–Kier alpha value is -2.24. The van der Waals surface area contributed by atoms with E-state index in [1.807, 2.05) is 37.3 Å². The molecule has 2 aliphatic heterocycles. The Balaban J connectivity index is 1.41. The van der Waals surface area contributed by atoms with Crippen molar-refractivity contribution in [1.29, 1.82) is 0 Å². The Labute approximate surface area is 170 Å². The lowest BCUT2D eigenvalue weighted by molar-refractivity contribution is -0.123. The Bertz CT molecular complexity index is 857. The number of fused-ring (bicyclic) bond motifs is 1. The number of rotatable bonds is 5. The van der Waals surface area contributed by atoms with Crippen LogP contribution in [-0.4, -0.2) is 37.1 Å². The molecule has 1 saturated heterocycles. The van der Waals surface area contributed by atoms with Gasteiger partial charge in [-0.3, -0.25) is 9.69 Å². The molecule has 0 bridgehead atoms. The maximum atomic E-state index is 12.7. The summed E-state index contributed by atoms with van der Waals surface area (Å²) in [5.74, 6) is 1.61. The molecule has 0 spiro atoms. The minimum Gasteiger partial charge on any atom is -0.486 e. The highest BCUT2D eigenvalue weighted by Gasteiger charge is 2.29. The smallest absolute Gasteiger partial charge is 0.234 e. The zero-order valence-electron chi connectivity index (χ0n) is 16.0. The molecule has 2 atom stereocenters. The van der Waals surface area contributed by atoms with Crippen LogP contribution in [0.4, 0.5) is 0 Å². The lowest BCUT2D eigenvalue weighted by Crippen LogP contribution is -2.38. The third kappa shape index (κ3) is 4.10. The average Bonchev–Trinajstić information content (AvgIpc) is 3.15. The van der Waals surface area contributed by atoms with Gasteiger partial charge in [0.2, 0.25) is 5.91 Å². The maximum absolute atomic E-state index is 12.7. The van der Waals surface area contributed by atoms with E-state index in [-0.39, 0.29) is 18.0 Å². The maximum Gasteiger partial charge on any atom is 0.234 e. The molecule has 2 aromatic carbocycles. The van der Waals surface area contributed by atoms with Crippen LogP contribution in [0.3, 0.4) is 0 Å². The van der Waals surface area contributed by atoms with Gasteiger partial charge in [-0.25, -0.2) is 0 Å². The van der Waals surface area contributed by atoms with Crippen molar-refractivity contribution >= 4 is 17.5 Å². The van der Waals surface area contributed by atoms with Gasteiger partial charge in [0.15, 0.2) is 11.5 Å². The number of hydrogen-bond acceptors (Lipinski definition) is 4. The van der Waals surface area contributed by atoms with Gasteiger partial charge in [0.1, 0.15) is 13.2 Å². The molecule has 5 nitrogen and oxygen atoms in total. The third-order valence-corrected chi connectivity index (χ3v) is 5.75. The fourth-order valence-corrected chi connectivity index (χ4v) is 4.34. The van der Waals surface area contributed by atoms with Crippen molar-refractivity contribution in [3.63, 3.8) is 0 Å². The summed E-state index contributed by atoms with van der Waals surface area (Å²) in [4.78, 5) is 14.9. The average molecular weight is 401 g/mol. The number of carbonyl (C=O) groups is 1. The highest BCUT2D eigenvalue weighted by Crippen LogP contribution is 2.37. The molecular weight excluding hydrogens is 376 g/mol. The normalized spacial score (nSPS) is 20.0. The van der Waals surface area contributed by atoms with Crippen LogP contribution in [0.25, 0.3) is 0 Å². The van der Waals surface area contributed by atoms with Crippen LogP contribution in [0.1, 0.15) is 43.0 Å². The Morgan fingerprint density at radius 3 is 2.82 bits per heavy atom. The molecule has 4 rings (SSSR count). The summed E-state index contributed by atoms with van der Waals surface area (Å²) in [7, 11) is 0. The van der Waals surface area contributed by atoms with Gasteiger partial charge in [-0.1, -0.05) is 35.9 Å². The summed E-state index contributed by atoms with van der Waals surface area (Å²) >= 11 is 6.25. The summed E-state index contributed by atoms with van der Waals surface area (Å²) in [5, 5.41) is 3.75. The predicted octanol–water partition coefficient (Wildman–Crippen LogP) is 4.13. The topological polar surface area (TPSA) is 50.8 Å². The summed E-state index contributed by atoms with van der Waals surface area (Å²) in [6, 6.07) is 13.8. The van der Waals surface area contributed by atoms with Crippen molar-refractivity contribution in [2.45, 2.75) is 31.8 Å². The largest absolute Gasteiger partial charge is 0.486 e. The SMILES string of the molecule is CC(NC(=O)CN1CCCC1c1ccc2c(c1)OCCO2)c1ccccc1Cl. The number of likely N-dealkylation sites (tertiary alicyclic amines) is 1. The minimum atomic E-state index is -0.128. The quantitative estimate of drug-likeness (QED) is 0.820. The van der Waals surface area contributed by atoms with Crippen molar-refractivity contribution in [3.8, 4) is 11.5 Å². The van der Waals surface area contributed by atoms with E-state index >= 15 is 0 Å². The van der Waals surface area contributed by atoms with E-state index in [0.29, 0.717) is 24.8 Å². The molecule has 1 amide bonds. The van der Waals surface area contributed by atoms with E-state index in [2.05, 4.69) is 22.3 Å². The number of ether oxygens (including phenoxy) is 2. The van der Waals surface area contributed by atoms with Gasteiger partial charge in [0.05, 0.1) is 12.6 Å². The molecule has 28 heavy (non-hydrogen) atoms. The molecule has 2 unspecified atom stereocenters. The number of hydrogen-bond donors (Lipinski definition) is 1. The highest BCUT2D eigenvalue weighted by molar-refractivity contribution is 6.31. The fourth-order valence-electron chi connectivity index (χ4n) is 4.04. The van der Waals surface area contributed by atoms with Crippen LogP contribution >= 0.6 is 11.6 Å². The van der Waals surface area contributed by atoms with Gasteiger partial charge in [-0.05, 0) is 55.6 Å². The molecule has 2 heterocycles. The fraction of sp³-hybridized carbons (Fsp3) is 0.409. The molecule has 6 heteroatoms. The molecule has 0 saturated carbocycles. The first-order chi connectivity index (χ1) is 13.6. The van der Waals surface area contributed by atoms with Crippen molar-refractivity contribution < 1.29 is 14.3 Å². The van der Waals surface area contributed by atoms with Crippen LogP contribution in [-0.2, 0) is 4.79 Å². The first-order valence-electron chi connectivity index (χ1n) is 9.79. The van der Waals surface area contributed by atoms with Gasteiger partial charge >= 0.3 is 0 Å². The summed E-state index contributed by atoms with van der Waals surface area (Å²) < 4.78 is 11.3. The Morgan fingerprint density at radius 2 is 2.00 bits per heavy atom. The highest BCUT2D eigenvalue weighted by atomic mass is 35.5. The van der Waals surface area contributed by atoms with Crippen LogP contribution < -0.4 is 14.8 Å². The molecule has 1 N–H and O–H groups in total. The van der Waals surface area contributed by atoms with E-state index in [1.54, 1.807) is 0 Å². The van der Waals surface area contributed by atoms with E-state index in [4.69, 9.17) is 21.1 Å². The molecular formula is C22H25ClN2O3. The van der Waals surface area contributed by atoms with Gasteiger partial charge in [0.25, 0.3) is 0 Å². The second-order valence-corrected chi connectivity index (χ2v) is 7.75. The lowest BCUT2D eigenvalue weighted by atomic mass is 10.0. The monoisotopic (exact) mass is 400 g/mol. The van der Waals surface area contributed by atoms with Gasteiger partial charge in [0, 0.05) is 11.1 Å². The molecule has 0 radical (unpaired) electrons. The minimum absolute atomic E-state index is 0.0110. The van der Waals surface area contributed by atoms with Gasteiger partial charge in [-0.2, -0.15) is 0 Å². The van der Waals surface area contributed by atoms with Gasteiger partial charge in [-0.15, -0.1) is 0 Å². The van der Waals surface area contributed by atoms with E-state index in [0.717, 1.165) is 36.4 Å². The Morgan fingerprint density at radius 1 is 1.21 bits per heavy atom. The van der Waals surface area contributed by atoms with Crippen molar-refractivity contribution in [2.75, 3.05) is 26.3 Å². The lowest BCUT2D eigenvalue weighted by Gasteiger charge is -2.27. The molecule has 0 aromatic heterocycles. The van der Waals surface area contributed by atoms with Gasteiger partial charge < -0.3 is 14.8 Å². The first-order valence-corrected chi connectivity index (χ1v) is 10.2. The zero-order valence-corrected chi connectivity index (χ0v) is 16.7. The molecule has 0 aliphatic carbocycles. The van der Waals surface area contributed by atoms with Crippen molar-refractivity contribution in [3.05, 3.63) is 58.6 Å². The van der Waals surface area contributed by atoms with Crippen LogP contribution in [0, 0.1) is 0 Å². The standard InChI is InChI=1S/C22H25ClN2O3/c1-15(17-5-2-3-6-18(17)23)24-22(26)14-25-10-4-7-19(25)16-8-9-20-21(13-16)28-12-11-27-20/h2-3,5-6,8-9,13,15,19H,4,7,10-12,14H2,1H3,(H,24,26). The summed E-state index contributed by atoms with van der Waals surface area (Å²) in [5.41, 5.74) is 2.11. The number of nitrogens with zero attached hydrogens (tertiary/aromatic N) is 1. The molecule has 148 valence electrons. The van der Waals surface area contributed by atoms with E-state index in [1.165, 1.54) is 5.56 Å². The van der Waals surface area contributed by atoms with Crippen molar-refractivity contribution in [2.24, 2.45) is 0 Å². The summed E-state index contributed by atoms with van der Waals surface area (Å²) in [6.45, 7) is 4.40. The number of halogens is 1. The van der Waals surface area contributed by atoms with Crippen molar-refractivity contribution in [1.82, 2.24) is 10.2 Å². The Kier molecular flexibility index (Phi) is 5.74. The molecule has 2 aliphatic rings. The van der Waals surface area contributed by atoms with E-state index in [9.17, 15) is 4.79 Å². The zero-order chi connectivity index (χ0) is 19.5. The second-order valence-electron chi connectivity index (χ2n) is 7.34.